The minimum atomic E-state index is -0.992. The number of ether oxygens (including phenoxy) is 2. The van der Waals surface area contributed by atoms with Crippen molar-refractivity contribution in [2.45, 2.75) is 37.8 Å². The third-order valence-corrected chi connectivity index (χ3v) is 7.12. The molecule has 0 bridgehead atoms. The van der Waals surface area contributed by atoms with Crippen LogP contribution >= 0.6 is 0 Å². The van der Waals surface area contributed by atoms with Crippen LogP contribution in [0, 0.1) is 0 Å². The van der Waals surface area contributed by atoms with Crippen molar-refractivity contribution < 1.29 is 24.2 Å². The van der Waals surface area contributed by atoms with Crippen molar-refractivity contribution in [1.82, 2.24) is 5.32 Å². The van der Waals surface area contributed by atoms with E-state index in [0.717, 1.165) is 33.4 Å². The Morgan fingerprint density at radius 3 is 2.00 bits per heavy atom. The summed E-state index contributed by atoms with van der Waals surface area (Å²) in [7, 11) is 0. The second kappa shape index (κ2) is 11.0. The lowest BCUT2D eigenvalue weighted by Gasteiger charge is -2.28. The second-order valence-electron chi connectivity index (χ2n) is 10.2. The number of rotatable bonds is 8. The number of hydrogen-bond acceptors (Lipinski definition) is 5. The molecule has 0 spiro atoms. The first-order valence-corrected chi connectivity index (χ1v) is 13.0. The monoisotopic (exact) mass is 521 g/mol. The van der Waals surface area contributed by atoms with E-state index in [-0.39, 0.29) is 24.7 Å². The number of amides is 1. The van der Waals surface area contributed by atoms with E-state index >= 15 is 0 Å². The summed E-state index contributed by atoms with van der Waals surface area (Å²) in [6.45, 7) is 3.76. The van der Waals surface area contributed by atoms with Crippen molar-refractivity contribution in [3.8, 4) is 16.9 Å². The fourth-order valence-electron chi connectivity index (χ4n) is 5.06. The zero-order chi connectivity index (χ0) is 27.4. The summed E-state index contributed by atoms with van der Waals surface area (Å²) in [5, 5.41) is 12.4. The molecule has 4 aromatic rings. The highest BCUT2D eigenvalue weighted by atomic mass is 16.6. The molecule has 0 aliphatic heterocycles. The molecule has 0 unspecified atom stereocenters. The Kier molecular flexibility index (Phi) is 7.37. The molecule has 0 aromatic heterocycles. The van der Waals surface area contributed by atoms with E-state index in [0.29, 0.717) is 0 Å². The summed E-state index contributed by atoms with van der Waals surface area (Å²) in [6.07, 6.45) is -0.524. The van der Waals surface area contributed by atoms with E-state index in [4.69, 9.17) is 9.47 Å². The van der Waals surface area contributed by atoms with Gasteiger partial charge in [-0.1, -0.05) is 91.0 Å². The average Bonchev–Trinajstić information content (AvgIpc) is 3.26. The normalized spacial score (nSPS) is 13.2. The van der Waals surface area contributed by atoms with Gasteiger partial charge in [0.1, 0.15) is 24.0 Å². The maximum atomic E-state index is 13.4. The third kappa shape index (κ3) is 5.80. The predicted molar refractivity (Wildman–Crippen MR) is 149 cm³/mol. The van der Waals surface area contributed by atoms with Crippen LogP contribution in [0.4, 0.5) is 4.79 Å². The molecule has 1 atom stereocenters. The van der Waals surface area contributed by atoms with Crippen LogP contribution in [0.2, 0.25) is 0 Å². The molecule has 0 fully saturated rings. The number of phenols is 1. The van der Waals surface area contributed by atoms with Crippen LogP contribution in [-0.4, -0.2) is 29.8 Å². The molecule has 0 saturated carbocycles. The van der Waals surface area contributed by atoms with Crippen LogP contribution in [0.3, 0.4) is 0 Å². The van der Waals surface area contributed by atoms with Crippen molar-refractivity contribution in [3.63, 3.8) is 0 Å². The summed E-state index contributed by atoms with van der Waals surface area (Å²) in [5.74, 6) is -0.555. The summed E-state index contributed by atoms with van der Waals surface area (Å²) >= 11 is 0. The quantitative estimate of drug-likeness (QED) is 0.265. The molecule has 0 heterocycles. The van der Waals surface area contributed by atoms with E-state index in [1.165, 1.54) is 0 Å². The van der Waals surface area contributed by atoms with Gasteiger partial charge in [0, 0.05) is 12.3 Å². The first kappa shape index (κ1) is 26.0. The van der Waals surface area contributed by atoms with Gasteiger partial charge in [0.25, 0.3) is 0 Å². The molecule has 5 rings (SSSR count). The lowest BCUT2D eigenvalue weighted by atomic mass is 9.98. The van der Waals surface area contributed by atoms with Gasteiger partial charge < -0.3 is 19.9 Å². The van der Waals surface area contributed by atoms with E-state index < -0.39 is 23.7 Å². The fourth-order valence-corrected chi connectivity index (χ4v) is 5.06. The minimum absolute atomic E-state index is 0.0948. The molecule has 1 aliphatic rings. The molecule has 1 amide bonds. The number of alkyl carbamates (subject to hydrolysis) is 1. The Morgan fingerprint density at radius 1 is 0.821 bits per heavy atom. The van der Waals surface area contributed by atoms with Crippen LogP contribution in [0.5, 0.6) is 5.75 Å². The van der Waals surface area contributed by atoms with Gasteiger partial charge in [0.15, 0.2) is 0 Å². The number of fused-ring (bicyclic) bond motifs is 3. The Morgan fingerprint density at radius 2 is 1.38 bits per heavy atom. The predicted octanol–water partition coefficient (Wildman–Crippen LogP) is 6.32. The Balaban J connectivity index is 1.31. The van der Waals surface area contributed by atoms with Gasteiger partial charge in [0.2, 0.25) is 0 Å². The van der Waals surface area contributed by atoms with Crippen molar-refractivity contribution in [3.05, 3.63) is 125 Å². The highest BCUT2D eigenvalue weighted by Gasteiger charge is 2.33. The van der Waals surface area contributed by atoms with Crippen molar-refractivity contribution in [2.24, 2.45) is 0 Å². The van der Waals surface area contributed by atoms with Crippen molar-refractivity contribution >= 4 is 12.1 Å². The summed E-state index contributed by atoms with van der Waals surface area (Å²) in [4.78, 5) is 26.4. The zero-order valence-corrected chi connectivity index (χ0v) is 22.0. The lowest BCUT2D eigenvalue weighted by Crippen LogP contribution is -2.46. The van der Waals surface area contributed by atoms with Crippen LogP contribution < -0.4 is 5.32 Å². The number of carbonyl (C=O) groups is 2. The molecule has 39 heavy (non-hydrogen) atoms. The summed E-state index contributed by atoms with van der Waals surface area (Å²) < 4.78 is 11.6. The molecule has 0 saturated heterocycles. The number of hydrogen-bond donors (Lipinski definition) is 2. The first-order valence-electron chi connectivity index (χ1n) is 13.0. The topological polar surface area (TPSA) is 84.9 Å². The van der Waals surface area contributed by atoms with Gasteiger partial charge in [-0.25, -0.2) is 9.59 Å². The van der Waals surface area contributed by atoms with Crippen LogP contribution in [0.15, 0.2) is 103 Å². The zero-order valence-electron chi connectivity index (χ0n) is 22.0. The molecular weight excluding hydrogens is 490 g/mol. The van der Waals surface area contributed by atoms with Gasteiger partial charge in [-0.05, 0) is 59.4 Å². The van der Waals surface area contributed by atoms with Gasteiger partial charge in [-0.3, -0.25) is 0 Å². The van der Waals surface area contributed by atoms with E-state index in [1.807, 2.05) is 68.4 Å². The van der Waals surface area contributed by atoms with Gasteiger partial charge in [-0.2, -0.15) is 0 Å². The van der Waals surface area contributed by atoms with E-state index in [9.17, 15) is 14.7 Å². The van der Waals surface area contributed by atoms with Gasteiger partial charge >= 0.3 is 12.1 Å². The van der Waals surface area contributed by atoms with Crippen LogP contribution in [-0.2, 0) is 26.3 Å². The first-order chi connectivity index (χ1) is 18.8. The minimum Gasteiger partial charge on any atom is -0.508 e. The van der Waals surface area contributed by atoms with Crippen LogP contribution in [0.1, 0.15) is 42.0 Å². The number of phenolic OH excluding ortho intramolecular Hbond substituents is 1. The number of carbonyl (C=O) groups excluding carboxylic acids is 2. The summed E-state index contributed by atoms with van der Waals surface area (Å²) in [6, 6.07) is 31.2. The van der Waals surface area contributed by atoms with Crippen molar-refractivity contribution in [2.75, 3.05) is 6.61 Å². The number of nitrogens with one attached hydrogen (secondary N) is 1. The Bertz CT molecular complexity index is 1420. The molecule has 1 aliphatic carbocycles. The Hall–Kier alpha value is -4.58. The molecule has 6 nitrogen and oxygen atoms in total. The molecule has 198 valence electrons. The van der Waals surface area contributed by atoms with Gasteiger partial charge in [0.05, 0.1) is 0 Å². The molecule has 4 aromatic carbocycles. The molecule has 0 radical (unpaired) electrons. The lowest BCUT2D eigenvalue weighted by molar-refractivity contribution is -0.160. The average molecular weight is 522 g/mol. The number of esters is 1. The highest BCUT2D eigenvalue weighted by molar-refractivity contribution is 5.82. The Labute approximate surface area is 228 Å². The van der Waals surface area contributed by atoms with Crippen LogP contribution in [0.25, 0.3) is 11.1 Å². The fraction of sp³-hybridized carbons (Fsp3) is 0.212. The molecular formula is C33H31NO5. The van der Waals surface area contributed by atoms with Gasteiger partial charge in [-0.15, -0.1) is 0 Å². The summed E-state index contributed by atoms with van der Waals surface area (Å²) in [5.41, 5.74) is 5.17. The number of benzene rings is 4. The number of aromatic hydroxyl groups is 1. The maximum absolute atomic E-state index is 13.4. The molecule has 6 heteroatoms. The largest absolute Gasteiger partial charge is 0.508 e. The van der Waals surface area contributed by atoms with Crippen molar-refractivity contribution in [1.29, 1.82) is 0 Å². The standard InChI is InChI=1S/C33H31NO5/c1-33(2,23-10-4-3-5-11-23)39-31(36)30(20-22-16-18-24(35)19-17-22)34-32(37)38-21-29-27-14-8-6-12-25(27)26-13-7-9-15-28(26)29/h3-19,29-30,35H,20-21H2,1-2H3,(H,34,37)/t30-/m0/s1. The third-order valence-electron chi connectivity index (χ3n) is 7.12. The van der Waals surface area contributed by atoms with E-state index in [2.05, 4.69) is 29.6 Å². The highest BCUT2D eigenvalue weighted by Crippen LogP contribution is 2.44. The van der Waals surface area contributed by atoms with E-state index in [1.54, 1.807) is 24.3 Å². The maximum Gasteiger partial charge on any atom is 0.407 e. The second-order valence-corrected chi connectivity index (χ2v) is 10.2. The molecule has 2 N–H and O–H groups in total. The smallest absolute Gasteiger partial charge is 0.407 e. The SMILES string of the molecule is CC(C)(OC(=O)[C@H](Cc1ccc(O)cc1)NC(=O)OCC1c2ccccc2-c2ccccc21)c1ccccc1.